The molecule has 2 aromatic rings. The molecule has 0 saturated heterocycles. The highest BCUT2D eigenvalue weighted by Crippen LogP contribution is 2.28. The lowest BCUT2D eigenvalue weighted by Crippen LogP contribution is -2.26. The number of rotatable bonds is 7. The van der Waals surface area contributed by atoms with Gasteiger partial charge < -0.3 is 5.32 Å². The first kappa shape index (κ1) is 17.8. The molecule has 1 atom stereocenters. The van der Waals surface area contributed by atoms with Gasteiger partial charge in [-0.3, -0.25) is 0 Å². The summed E-state index contributed by atoms with van der Waals surface area (Å²) >= 11 is 0. The zero-order valence-electron chi connectivity index (χ0n) is 14.3. The third-order valence-corrected chi connectivity index (χ3v) is 5.77. The number of sulfonamides is 1. The summed E-state index contributed by atoms with van der Waals surface area (Å²) in [4.78, 5) is 4.32. The Hall–Kier alpha value is -1.99. The standard InChI is InChI=1S/C18H22FN3O2S/c1-12-3-6-15(9-17(12)19)13(2)22-18-8-7-16(11-20-18)25(23,24)21-10-14-4-5-14/h3,6-9,11,13-14,21H,4-5,10H2,1-2H3,(H,20,22). The van der Waals surface area contributed by atoms with Crippen molar-refractivity contribution in [3.8, 4) is 0 Å². The van der Waals surface area contributed by atoms with Crippen LogP contribution in [0.15, 0.2) is 41.4 Å². The molecule has 1 unspecified atom stereocenters. The second kappa shape index (κ2) is 7.09. The van der Waals surface area contributed by atoms with Gasteiger partial charge in [0.05, 0.1) is 6.04 Å². The van der Waals surface area contributed by atoms with Crippen molar-refractivity contribution in [2.75, 3.05) is 11.9 Å². The number of anilines is 1. The van der Waals surface area contributed by atoms with Crippen LogP contribution in [0.2, 0.25) is 0 Å². The van der Waals surface area contributed by atoms with Crippen LogP contribution in [-0.2, 0) is 10.0 Å². The van der Waals surface area contributed by atoms with E-state index in [9.17, 15) is 12.8 Å². The predicted octanol–water partition coefficient (Wildman–Crippen LogP) is 3.39. The van der Waals surface area contributed by atoms with Gasteiger partial charge in [0.1, 0.15) is 16.5 Å². The summed E-state index contributed by atoms with van der Waals surface area (Å²) in [6, 6.07) is 8.07. The molecule has 3 rings (SSSR count). The second-order valence-corrected chi connectivity index (χ2v) is 8.32. The highest BCUT2D eigenvalue weighted by molar-refractivity contribution is 7.89. The quantitative estimate of drug-likeness (QED) is 0.791. The van der Waals surface area contributed by atoms with Crippen molar-refractivity contribution < 1.29 is 12.8 Å². The molecule has 1 aliphatic rings. The fourth-order valence-corrected chi connectivity index (χ4v) is 3.50. The first-order valence-corrected chi connectivity index (χ1v) is 9.82. The Bertz CT molecular complexity index is 849. The molecule has 1 heterocycles. The molecular weight excluding hydrogens is 341 g/mol. The lowest BCUT2D eigenvalue weighted by Gasteiger charge is -2.16. The third-order valence-electron chi connectivity index (χ3n) is 4.37. The highest BCUT2D eigenvalue weighted by Gasteiger charge is 2.24. The van der Waals surface area contributed by atoms with Gasteiger partial charge in [-0.15, -0.1) is 0 Å². The Labute approximate surface area is 147 Å². The number of aryl methyl sites for hydroxylation is 1. The Morgan fingerprint density at radius 1 is 1.28 bits per heavy atom. The van der Waals surface area contributed by atoms with E-state index in [0.717, 1.165) is 18.4 Å². The van der Waals surface area contributed by atoms with Crippen LogP contribution in [0.25, 0.3) is 0 Å². The fraction of sp³-hybridized carbons (Fsp3) is 0.389. The van der Waals surface area contributed by atoms with E-state index in [1.807, 2.05) is 13.0 Å². The predicted molar refractivity (Wildman–Crippen MR) is 95.3 cm³/mol. The van der Waals surface area contributed by atoms with Gasteiger partial charge in [0.2, 0.25) is 10.0 Å². The Balaban J connectivity index is 1.66. The summed E-state index contributed by atoms with van der Waals surface area (Å²) in [6.07, 6.45) is 3.50. The smallest absolute Gasteiger partial charge is 0.242 e. The molecular formula is C18H22FN3O2S. The van der Waals surface area contributed by atoms with Crippen LogP contribution in [0, 0.1) is 18.7 Å². The number of benzene rings is 1. The molecule has 0 bridgehead atoms. The van der Waals surface area contributed by atoms with Crippen LogP contribution in [0.1, 0.15) is 36.9 Å². The minimum Gasteiger partial charge on any atom is -0.364 e. The van der Waals surface area contributed by atoms with Crippen molar-refractivity contribution in [2.24, 2.45) is 5.92 Å². The van der Waals surface area contributed by atoms with Crippen molar-refractivity contribution in [1.82, 2.24) is 9.71 Å². The first-order chi connectivity index (χ1) is 11.8. The maximum atomic E-state index is 13.7. The zero-order valence-corrected chi connectivity index (χ0v) is 15.1. The third kappa shape index (κ3) is 4.55. The Morgan fingerprint density at radius 2 is 2.04 bits per heavy atom. The van der Waals surface area contributed by atoms with E-state index in [-0.39, 0.29) is 16.8 Å². The maximum absolute atomic E-state index is 13.7. The summed E-state index contributed by atoms with van der Waals surface area (Å²) in [5, 5.41) is 3.15. The molecule has 0 aliphatic heterocycles. The van der Waals surface area contributed by atoms with Crippen LogP contribution in [-0.4, -0.2) is 19.9 Å². The summed E-state index contributed by atoms with van der Waals surface area (Å²) in [5.74, 6) is 0.761. The van der Waals surface area contributed by atoms with Crippen LogP contribution in [0.5, 0.6) is 0 Å². The van der Waals surface area contributed by atoms with Crippen molar-refractivity contribution in [2.45, 2.75) is 37.6 Å². The fourth-order valence-electron chi connectivity index (χ4n) is 2.44. The van der Waals surface area contributed by atoms with Gasteiger partial charge in [0.25, 0.3) is 0 Å². The molecule has 0 amide bonds. The number of pyridine rings is 1. The lowest BCUT2D eigenvalue weighted by molar-refractivity contribution is 0.577. The van der Waals surface area contributed by atoms with E-state index >= 15 is 0 Å². The van der Waals surface area contributed by atoms with Gasteiger partial charge in [-0.1, -0.05) is 12.1 Å². The van der Waals surface area contributed by atoms with Crippen LogP contribution in [0.4, 0.5) is 10.2 Å². The van der Waals surface area contributed by atoms with Crippen LogP contribution in [0.3, 0.4) is 0 Å². The molecule has 25 heavy (non-hydrogen) atoms. The summed E-state index contributed by atoms with van der Waals surface area (Å²) in [7, 11) is -3.51. The molecule has 1 fully saturated rings. The van der Waals surface area contributed by atoms with E-state index in [4.69, 9.17) is 0 Å². The summed E-state index contributed by atoms with van der Waals surface area (Å²) in [5.41, 5.74) is 1.40. The molecule has 134 valence electrons. The maximum Gasteiger partial charge on any atom is 0.242 e. The molecule has 1 aliphatic carbocycles. The molecule has 5 nitrogen and oxygen atoms in total. The molecule has 0 spiro atoms. The van der Waals surface area contributed by atoms with Crippen molar-refractivity contribution >= 4 is 15.8 Å². The first-order valence-electron chi connectivity index (χ1n) is 8.33. The average molecular weight is 363 g/mol. The Morgan fingerprint density at radius 3 is 2.64 bits per heavy atom. The number of hydrogen-bond donors (Lipinski definition) is 2. The number of halogens is 1. The zero-order chi connectivity index (χ0) is 18.0. The van der Waals surface area contributed by atoms with Gasteiger partial charge in [-0.05, 0) is 61.9 Å². The minimum absolute atomic E-state index is 0.146. The normalized spacial score (nSPS) is 15.8. The number of nitrogens with one attached hydrogen (secondary N) is 2. The SMILES string of the molecule is Cc1ccc(C(C)Nc2ccc(S(=O)(=O)NCC3CC3)cn2)cc1F. The van der Waals surface area contributed by atoms with Crippen molar-refractivity contribution in [3.05, 3.63) is 53.5 Å². The number of aromatic nitrogens is 1. The molecule has 1 saturated carbocycles. The molecule has 0 radical (unpaired) electrons. The molecule has 1 aromatic carbocycles. The largest absolute Gasteiger partial charge is 0.364 e. The van der Waals surface area contributed by atoms with E-state index in [2.05, 4.69) is 15.0 Å². The topological polar surface area (TPSA) is 71.1 Å². The Kier molecular flexibility index (Phi) is 5.06. The monoisotopic (exact) mass is 363 g/mol. The van der Waals surface area contributed by atoms with Crippen LogP contribution >= 0.6 is 0 Å². The van der Waals surface area contributed by atoms with E-state index < -0.39 is 10.0 Å². The molecule has 1 aromatic heterocycles. The van der Waals surface area contributed by atoms with Gasteiger partial charge in [-0.25, -0.2) is 22.5 Å². The van der Waals surface area contributed by atoms with Crippen LogP contribution < -0.4 is 10.0 Å². The average Bonchev–Trinajstić information content (AvgIpc) is 3.40. The summed E-state index contributed by atoms with van der Waals surface area (Å²) < 4.78 is 40.6. The van der Waals surface area contributed by atoms with Gasteiger partial charge in [0, 0.05) is 12.7 Å². The molecule has 2 N–H and O–H groups in total. The van der Waals surface area contributed by atoms with Crippen molar-refractivity contribution in [3.63, 3.8) is 0 Å². The molecule has 7 heteroatoms. The van der Waals surface area contributed by atoms with Gasteiger partial charge >= 0.3 is 0 Å². The second-order valence-electron chi connectivity index (χ2n) is 6.55. The van der Waals surface area contributed by atoms with E-state index in [1.54, 1.807) is 19.1 Å². The van der Waals surface area contributed by atoms with E-state index in [1.165, 1.54) is 18.3 Å². The lowest BCUT2D eigenvalue weighted by atomic mass is 10.1. The van der Waals surface area contributed by atoms with E-state index in [0.29, 0.717) is 23.8 Å². The summed E-state index contributed by atoms with van der Waals surface area (Å²) in [6.45, 7) is 4.10. The van der Waals surface area contributed by atoms with Gasteiger partial charge in [0.15, 0.2) is 0 Å². The number of hydrogen-bond acceptors (Lipinski definition) is 4. The minimum atomic E-state index is -3.51. The highest BCUT2D eigenvalue weighted by atomic mass is 32.2. The number of nitrogens with zero attached hydrogens (tertiary/aromatic N) is 1. The van der Waals surface area contributed by atoms with Gasteiger partial charge in [-0.2, -0.15) is 0 Å². The van der Waals surface area contributed by atoms with Crippen molar-refractivity contribution in [1.29, 1.82) is 0 Å².